The predicted octanol–water partition coefficient (Wildman–Crippen LogP) is -0.515. The Balaban J connectivity index is 1.96. The highest BCUT2D eigenvalue weighted by Crippen LogP contribution is 2.01. The van der Waals surface area contributed by atoms with Crippen molar-refractivity contribution in [3.05, 3.63) is 0 Å². The highest BCUT2D eigenvalue weighted by atomic mass is 16.5. The average molecular weight is 245 g/mol. The van der Waals surface area contributed by atoms with E-state index in [0.717, 1.165) is 52.5 Å². The zero-order valence-corrected chi connectivity index (χ0v) is 11.4. The van der Waals surface area contributed by atoms with Gasteiger partial charge < -0.3 is 24.6 Å². The Morgan fingerprint density at radius 3 is 3.00 bits per heavy atom. The number of likely N-dealkylation sites (N-methyl/N-ethyl adjacent to an activating group) is 2. The van der Waals surface area contributed by atoms with Crippen molar-refractivity contribution in [3.63, 3.8) is 0 Å². The van der Waals surface area contributed by atoms with Gasteiger partial charge in [0.1, 0.15) is 0 Å². The maximum absolute atomic E-state index is 5.68. The molecule has 0 radical (unpaired) electrons. The molecule has 1 fully saturated rings. The van der Waals surface area contributed by atoms with Gasteiger partial charge in [0.15, 0.2) is 0 Å². The molecule has 1 heterocycles. The lowest BCUT2D eigenvalue weighted by Crippen LogP contribution is -2.45. The van der Waals surface area contributed by atoms with Crippen LogP contribution in [0.1, 0.15) is 0 Å². The third kappa shape index (κ3) is 6.95. The van der Waals surface area contributed by atoms with Crippen LogP contribution < -0.4 is 5.32 Å². The van der Waals surface area contributed by atoms with Gasteiger partial charge in [-0.1, -0.05) is 0 Å². The van der Waals surface area contributed by atoms with Gasteiger partial charge in [-0.25, -0.2) is 0 Å². The molecule has 0 amide bonds. The van der Waals surface area contributed by atoms with E-state index < -0.39 is 0 Å². The van der Waals surface area contributed by atoms with Crippen LogP contribution in [0.25, 0.3) is 0 Å². The SMILES string of the molecule is COCCN(C)CCNCC1CN(C)CCO1. The lowest BCUT2D eigenvalue weighted by atomic mass is 10.3. The van der Waals surface area contributed by atoms with Gasteiger partial charge in [0.05, 0.1) is 19.3 Å². The molecule has 0 saturated carbocycles. The van der Waals surface area contributed by atoms with Crippen molar-refractivity contribution in [2.75, 3.05) is 73.7 Å². The first-order valence-corrected chi connectivity index (χ1v) is 6.40. The third-order valence-corrected chi connectivity index (χ3v) is 3.06. The number of methoxy groups -OCH3 is 1. The minimum atomic E-state index is 0.345. The van der Waals surface area contributed by atoms with Crippen LogP contribution >= 0.6 is 0 Å². The Kier molecular flexibility index (Phi) is 7.72. The molecular weight excluding hydrogens is 218 g/mol. The fourth-order valence-electron chi connectivity index (χ4n) is 1.88. The molecule has 5 nitrogen and oxygen atoms in total. The van der Waals surface area contributed by atoms with Crippen LogP contribution in [0.5, 0.6) is 0 Å². The van der Waals surface area contributed by atoms with Crippen molar-refractivity contribution in [2.24, 2.45) is 0 Å². The van der Waals surface area contributed by atoms with Crippen molar-refractivity contribution in [1.82, 2.24) is 15.1 Å². The number of rotatable bonds is 8. The number of hydrogen-bond donors (Lipinski definition) is 1. The molecule has 0 spiro atoms. The summed E-state index contributed by atoms with van der Waals surface area (Å²) in [6, 6.07) is 0. The second kappa shape index (κ2) is 8.83. The van der Waals surface area contributed by atoms with Crippen molar-refractivity contribution >= 4 is 0 Å². The van der Waals surface area contributed by atoms with Crippen LogP contribution in [0.15, 0.2) is 0 Å². The zero-order valence-electron chi connectivity index (χ0n) is 11.4. The molecule has 0 aromatic rings. The Labute approximate surface area is 105 Å². The summed E-state index contributed by atoms with van der Waals surface area (Å²) in [7, 11) is 6.00. The maximum atomic E-state index is 5.68. The molecule has 1 aliphatic rings. The quantitative estimate of drug-likeness (QED) is 0.583. The van der Waals surface area contributed by atoms with Gasteiger partial charge in [-0.2, -0.15) is 0 Å². The van der Waals surface area contributed by atoms with Crippen molar-refractivity contribution in [2.45, 2.75) is 6.10 Å². The molecule has 1 N–H and O–H groups in total. The first-order chi connectivity index (χ1) is 8.22. The summed E-state index contributed by atoms with van der Waals surface area (Å²) in [5.41, 5.74) is 0. The Bertz CT molecular complexity index is 193. The summed E-state index contributed by atoms with van der Waals surface area (Å²) in [6.07, 6.45) is 0.345. The minimum absolute atomic E-state index is 0.345. The van der Waals surface area contributed by atoms with E-state index in [4.69, 9.17) is 9.47 Å². The molecule has 1 atom stereocenters. The summed E-state index contributed by atoms with van der Waals surface area (Å²) in [5, 5.41) is 3.45. The van der Waals surface area contributed by atoms with Crippen LogP contribution in [-0.4, -0.2) is 89.6 Å². The molecule has 17 heavy (non-hydrogen) atoms. The largest absolute Gasteiger partial charge is 0.383 e. The van der Waals surface area contributed by atoms with Crippen LogP contribution in [0.4, 0.5) is 0 Å². The third-order valence-electron chi connectivity index (χ3n) is 3.06. The molecule has 5 heteroatoms. The molecule has 102 valence electrons. The summed E-state index contributed by atoms with van der Waals surface area (Å²) in [6.45, 7) is 7.73. The summed E-state index contributed by atoms with van der Waals surface area (Å²) in [5.74, 6) is 0. The van der Waals surface area contributed by atoms with Crippen molar-refractivity contribution < 1.29 is 9.47 Å². The fraction of sp³-hybridized carbons (Fsp3) is 1.00. The van der Waals surface area contributed by atoms with Crippen LogP contribution in [-0.2, 0) is 9.47 Å². The number of nitrogens with one attached hydrogen (secondary N) is 1. The van der Waals surface area contributed by atoms with Crippen molar-refractivity contribution in [3.8, 4) is 0 Å². The first kappa shape index (κ1) is 14.9. The van der Waals surface area contributed by atoms with Crippen LogP contribution in [0.2, 0.25) is 0 Å². The lowest BCUT2D eigenvalue weighted by Gasteiger charge is -2.30. The fourth-order valence-corrected chi connectivity index (χ4v) is 1.88. The van der Waals surface area contributed by atoms with Gasteiger partial charge in [0.2, 0.25) is 0 Å². The Hall–Kier alpha value is -0.200. The maximum Gasteiger partial charge on any atom is 0.0826 e. The zero-order chi connectivity index (χ0) is 12.5. The van der Waals surface area contributed by atoms with Crippen LogP contribution in [0.3, 0.4) is 0 Å². The standard InChI is InChI=1S/C12H27N3O2/c1-14(6-8-16-3)5-4-13-10-12-11-15(2)7-9-17-12/h12-13H,4-11H2,1-3H3. The van der Waals surface area contributed by atoms with Gasteiger partial charge in [0.25, 0.3) is 0 Å². The molecule has 1 unspecified atom stereocenters. The first-order valence-electron chi connectivity index (χ1n) is 6.40. The minimum Gasteiger partial charge on any atom is -0.383 e. The van der Waals surface area contributed by atoms with Gasteiger partial charge >= 0.3 is 0 Å². The molecule has 0 bridgehead atoms. The number of nitrogens with zero attached hydrogens (tertiary/aromatic N) is 2. The molecule has 1 rings (SSSR count). The van der Waals surface area contributed by atoms with E-state index in [-0.39, 0.29) is 0 Å². The summed E-state index contributed by atoms with van der Waals surface area (Å²) < 4.78 is 10.7. The lowest BCUT2D eigenvalue weighted by molar-refractivity contribution is -0.0181. The predicted molar refractivity (Wildman–Crippen MR) is 69.5 cm³/mol. The highest BCUT2D eigenvalue weighted by molar-refractivity contribution is 4.71. The Morgan fingerprint density at radius 1 is 1.47 bits per heavy atom. The van der Waals surface area contributed by atoms with E-state index in [0.29, 0.717) is 6.10 Å². The molecular formula is C12H27N3O2. The normalized spacial score (nSPS) is 22.2. The van der Waals surface area contributed by atoms with E-state index in [1.807, 2.05) is 0 Å². The summed E-state index contributed by atoms with van der Waals surface area (Å²) >= 11 is 0. The smallest absolute Gasteiger partial charge is 0.0826 e. The number of hydrogen-bond acceptors (Lipinski definition) is 5. The van der Waals surface area contributed by atoms with E-state index >= 15 is 0 Å². The average Bonchev–Trinajstić information content (AvgIpc) is 2.32. The van der Waals surface area contributed by atoms with Crippen molar-refractivity contribution in [1.29, 1.82) is 0 Å². The number of ether oxygens (including phenoxy) is 2. The second-order valence-electron chi connectivity index (χ2n) is 4.76. The van der Waals surface area contributed by atoms with E-state index in [1.54, 1.807) is 7.11 Å². The highest BCUT2D eigenvalue weighted by Gasteiger charge is 2.16. The van der Waals surface area contributed by atoms with Gasteiger partial charge in [-0.3, -0.25) is 0 Å². The van der Waals surface area contributed by atoms with Gasteiger partial charge in [-0.15, -0.1) is 0 Å². The summed E-state index contributed by atoms with van der Waals surface area (Å²) in [4.78, 5) is 4.59. The van der Waals surface area contributed by atoms with E-state index in [9.17, 15) is 0 Å². The molecule has 0 aromatic heterocycles. The van der Waals surface area contributed by atoms with E-state index in [2.05, 4.69) is 29.2 Å². The van der Waals surface area contributed by atoms with E-state index in [1.165, 1.54) is 0 Å². The molecule has 0 aliphatic carbocycles. The second-order valence-corrected chi connectivity index (χ2v) is 4.76. The monoisotopic (exact) mass is 245 g/mol. The molecule has 1 saturated heterocycles. The topological polar surface area (TPSA) is 37.0 Å². The number of morpholine rings is 1. The van der Waals surface area contributed by atoms with Gasteiger partial charge in [0, 0.05) is 46.4 Å². The van der Waals surface area contributed by atoms with Gasteiger partial charge in [-0.05, 0) is 14.1 Å². The molecule has 1 aliphatic heterocycles. The van der Waals surface area contributed by atoms with Crippen LogP contribution in [0, 0.1) is 0 Å². The molecule has 0 aromatic carbocycles. The Morgan fingerprint density at radius 2 is 2.29 bits per heavy atom.